The lowest BCUT2D eigenvalue weighted by molar-refractivity contribution is -0.743. The number of aliphatic carboxylic acids is 1. The van der Waals surface area contributed by atoms with Crippen LogP contribution in [0, 0.1) is 20.2 Å². The lowest BCUT2D eigenvalue weighted by Gasteiger charge is -2.09. The van der Waals surface area contributed by atoms with Crippen molar-refractivity contribution in [2.45, 2.75) is 58.0 Å². The second kappa shape index (κ2) is 11.0. The largest absolute Gasteiger partial charge is 0.478 e. The van der Waals surface area contributed by atoms with E-state index in [0.29, 0.717) is 30.4 Å². The van der Waals surface area contributed by atoms with Crippen LogP contribution in [-0.2, 0) is 4.79 Å². The first kappa shape index (κ1) is 21.3. The van der Waals surface area contributed by atoms with Crippen molar-refractivity contribution in [3.05, 3.63) is 61.7 Å². The Bertz CT molecular complexity index is 643. The number of carbonyl (C=O) groups is 1. The quantitative estimate of drug-likeness (QED) is 0.195. The zero-order valence-corrected chi connectivity index (χ0v) is 14.8. The van der Waals surface area contributed by atoms with E-state index in [-0.39, 0.29) is 6.42 Å². The highest BCUT2D eigenvalue weighted by Gasteiger charge is 2.30. The van der Waals surface area contributed by atoms with Crippen molar-refractivity contribution in [1.82, 2.24) is 0 Å². The molecular formula is C18H24N2O6. The molecule has 1 rings (SSSR count). The van der Waals surface area contributed by atoms with Gasteiger partial charge in [-0.1, -0.05) is 55.2 Å². The molecule has 0 amide bonds. The van der Waals surface area contributed by atoms with Crippen molar-refractivity contribution >= 4 is 11.5 Å². The lowest BCUT2D eigenvalue weighted by atomic mass is 9.96. The SMILES string of the molecule is C/C(CCCCCCCC([N+](=O)[O-])[N+](=O)[O-])=C(/C(=O)O)c1ccccc1. The molecule has 142 valence electrons. The molecule has 8 nitrogen and oxygen atoms in total. The summed E-state index contributed by atoms with van der Waals surface area (Å²) in [6, 6.07) is 8.98. The van der Waals surface area contributed by atoms with E-state index in [9.17, 15) is 30.1 Å². The highest BCUT2D eigenvalue weighted by Crippen LogP contribution is 2.23. The smallest absolute Gasteiger partial charge is 0.450 e. The molecule has 0 bridgehead atoms. The Morgan fingerprint density at radius 1 is 1.00 bits per heavy atom. The molecule has 1 aromatic carbocycles. The second-order valence-corrected chi connectivity index (χ2v) is 6.18. The molecule has 0 fully saturated rings. The fourth-order valence-corrected chi connectivity index (χ4v) is 2.82. The molecule has 0 aliphatic carbocycles. The molecule has 0 heterocycles. The number of nitrogens with zero attached hydrogens (tertiary/aromatic N) is 2. The van der Waals surface area contributed by atoms with Crippen molar-refractivity contribution in [2.24, 2.45) is 0 Å². The molecule has 1 aromatic rings. The average molecular weight is 364 g/mol. The average Bonchev–Trinajstić information content (AvgIpc) is 2.57. The molecule has 0 radical (unpaired) electrons. The van der Waals surface area contributed by atoms with E-state index < -0.39 is 22.0 Å². The van der Waals surface area contributed by atoms with Crippen LogP contribution in [-0.4, -0.2) is 27.1 Å². The summed E-state index contributed by atoms with van der Waals surface area (Å²) in [5.41, 5.74) is 1.82. The van der Waals surface area contributed by atoms with Crippen molar-refractivity contribution in [3.8, 4) is 0 Å². The number of carboxylic acids is 1. The van der Waals surface area contributed by atoms with Crippen LogP contribution in [0.5, 0.6) is 0 Å². The molecular weight excluding hydrogens is 340 g/mol. The first-order chi connectivity index (χ1) is 12.3. The zero-order valence-electron chi connectivity index (χ0n) is 14.8. The Labute approximate surface area is 151 Å². The van der Waals surface area contributed by atoms with E-state index in [4.69, 9.17) is 0 Å². The minimum atomic E-state index is -1.72. The van der Waals surface area contributed by atoms with E-state index in [1.807, 2.05) is 13.0 Å². The monoisotopic (exact) mass is 364 g/mol. The van der Waals surface area contributed by atoms with Gasteiger partial charge in [0.25, 0.3) is 0 Å². The maximum atomic E-state index is 11.5. The third-order valence-electron chi connectivity index (χ3n) is 4.20. The van der Waals surface area contributed by atoms with E-state index in [1.54, 1.807) is 24.3 Å². The Morgan fingerprint density at radius 2 is 1.54 bits per heavy atom. The van der Waals surface area contributed by atoms with E-state index in [1.165, 1.54) is 0 Å². The molecule has 8 heteroatoms. The summed E-state index contributed by atoms with van der Waals surface area (Å²) < 4.78 is 0. The van der Waals surface area contributed by atoms with E-state index in [2.05, 4.69) is 0 Å². The van der Waals surface area contributed by atoms with Gasteiger partial charge in [-0.3, -0.25) is 20.2 Å². The molecule has 26 heavy (non-hydrogen) atoms. The molecule has 0 saturated carbocycles. The number of carboxylic acid groups (broad SMARTS) is 1. The highest BCUT2D eigenvalue weighted by molar-refractivity contribution is 6.16. The van der Waals surface area contributed by atoms with Gasteiger partial charge in [-0.05, 0) is 31.7 Å². The van der Waals surface area contributed by atoms with Crippen LogP contribution < -0.4 is 0 Å². The number of hydrogen-bond donors (Lipinski definition) is 1. The number of rotatable bonds is 12. The van der Waals surface area contributed by atoms with Gasteiger partial charge < -0.3 is 5.11 Å². The fraction of sp³-hybridized carbons (Fsp3) is 0.500. The Morgan fingerprint density at radius 3 is 2.08 bits per heavy atom. The van der Waals surface area contributed by atoms with Crippen molar-refractivity contribution < 1.29 is 19.7 Å². The van der Waals surface area contributed by atoms with E-state index >= 15 is 0 Å². The van der Waals surface area contributed by atoms with E-state index in [0.717, 1.165) is 24.8 Å². The summed E-state index contributed by atoms with van der Waals surface area (Å²) in [4.78, 5) is 30.9. The van der Waals surface area contributed by atoms with Crippen LogP contribution in [0.25, 0.3) is 5.57 Å². The summed E-state index contributed by atoms with van der Waals surface area (Å²) in [5, 5.41) is 30.5. The first-order valence-electron chi connectivity index (χ1n) is 8.60. The number of hydrogen-bond acceptors (Lipinski definition) is 5. The van der Waals surface area contributed by atoms with Crippen LogP contribution >= 0.6 is 0 Å². The molecule has 0 spiro atoms. The van der Waals surface area contributed by atoms with Crippen LogP contribution in [0.1, 0.15) is 57.4 Å². The lowest BCUT2D eigenvalue weighted by Crippen LogP contribution is -2.28. The minimum Gasteiger partial charge on any atom is -0.478 e. The van der Waals surface area contributed by atoms with Gasteiger partial charge in [-0.15, -0.1) is 0 Å². The molecule has 0 unspecified atom stereocenters. The predicted octanol–water partition coefficient (Wildman–Crippen LogP) is 4.15. The van der Waals surface area contributed by atoms with Gasteiger partial charge >= 0.3 is 12.1 Å². The van der Waals surface area contributed by atoms with Gasteiger partial charge in [-0.25, -0.2) is 4.79 Å². The van der Waals surface area contributed by atoms with Crippen LogP contribution in [0.15, 0.2) is 35.9 Å². The number of unbranched alkanes of at least 4 members (excludes halogenated alkanes) is 4. The predicted molar refractivity (Wildman–Crippen MR) is 96.8 cm³/mol. The standard InChI is InChI=1S/C18H24N2O6/c1-14(17(18(21)22)15-11-7-5-8-12-15)10-6-3-2-4-9-13-16(19(23)24)20(25)26/h5,7-8,11-12,16H,2-4,6,9-10,13H2,1H3,(H,21,22)/b17-14-. The molecule has 0 saturated heterocycles. The Balaban J connectivity index is 2.39. The molecule has 0 aliphatic rings. The third-order valence-corrected chi connectivity index (χ3v) is 4.20. The first-order valence-corrected chi connectivity index (χ1v) is 8.60. The summed E-state index contributed by atoms with van der Waals surface area (Å²) >= 11 is 0. The maximum Gasteiger partial charge on any atom is 0.450 e. The summed E-state index contributed by atoms with van der Waals surface area (Å²) in [5.74, 6) is -0.945. The topological polar surface area (TPSA) is 124 Å². The molecule has 1 N–H and O–H groups in total. The van der Waals surface area contributed by atoms with Gasteiger partial charge in [0, 0.05) is 0 Å². The van der Waals surface area contributed by atoms with Gasteiger partial charge in [0.1, 0.15) is 0 Å². The van der Waals surface area contributed by atoms with Crippen LogP contribution in [0.3, 0.4) is 0 Å². The Hall–Kier alpha value is -2.77. The molecule has 0 atom stereocenters. The Kier molecular flexibility index (Phi) is 8.97. The third kappa shape index (κ3) is 7.00. The summed E-state index contributed by atoms with van der Waals surface area (Å²) in [7, 11) is 0. The summed E-state index contributed by atoms with van der Waals surface area (Å²) in [6.07, 6.45) is 2.47. The number of allylic oxidation sites excluding steroid dienone is 1. The second-order valence-electron chi connectivity index (χ2n) is 6.18. The van der Waals surface area contributed by atoms with Gasteiger partial charge in [0.05, 0.1) is 21.8 Å². The van der Waals surface area contributed by atoms with Gasteiger partial charge in [0.15, 0.2) is 0 Å². The summed E-state index contributed by atoms with van der Waals surface area (Å²) in [6.45, 7) is 1.81. The molecule has 0 aliphatic heterocycles. The van der Waals surface area contributed by atoms with Crippen molar-refractivity contribution in [3.63, 3.8) is 0 Å². The highest BCUT2D eigenvalue weighted by atomic mass is 16.7. The zero-order chi connectivity index (χ0) is 19.5. The number of benzene rings is 1. The molecule has 0 aromatic heterocycles. The van der Waals surface area contributed by atoms with Crippen molar-refractivity contribution in [2.75, 3.05) is 0 Å². The van der Waals surface area contributed by atoms with Crippen LogP contribution in [0.2, 0.25) is 0 Å². The minimum absolute atomic E-state index is 0.0594. The normalized spacial score (nSPS) is 11.9. The van der Waals surface area contributed by atoms with Crippen molar-refractivity contribution in [1.29, 1.82) is 0 Å². The fourth-order valence-electron chi connectivity index (χ4n) is 2.82. The maximum absolute atomic E-state index is 11.5. The van der Waals surface area contributed by atoms with Crippen LogP contribution in [0.4, 0.5) is 0 Å². The van der Waals surface area contributed by atoms with Gasteiger partial charge in [-0.2, -0.15) is 0 Å². The van der Waals surface area contributed by atoms with Gasteiger partial charge in [0.2, 0.25) is 0 Å². The number of nitro groups is 2.